The minimum Gasteiger partial charge on any atom is -0.476 e. The summed E-state index contributed by atoms with van der Waals surface area (Å²) < 4.78 is 29.7. The van der Waals surface area contributed by atoms with Crippen LogP contribution in [0.1, 0.15) is 37.8 Å². The Morgan fingerprint density at radius 1 is 1.06 bits per heavy atom. The van der Waals surface area contributed by atoms with Gasteiger partial charge in [0.1, 0.15) is 31.5 Å². The number of ether oxygens (including phenoxy) is 5. The predicted octanol–water partition coefficient (Wildman–Crippen LogP) is 3.59. The van der Waals surface area contributed by atoms with Crippen LogP contribution in [0.5, 0.6) is 0 Å². The summed E-state index contributed by atoms with van der Waals surface area (Å²) >= 11 is 0. The van der Waals surface area contributed by atoms with Gasteiger partial charge >= 0.3 is 6.09 Å². The number of nitrogens with one attached hydrogen (secondary N) is 1. The number of rotatable bonds is 4. The van der Waals surface area contributed by atoms with Crippen molar-refractivity contribution in [3.63, 3.8) is 0 Å². The maximum absolute atomic E-state index is 12.7. The van der Waals surface area contributed by atoms with Crippen molar-refractivity contribution < 1.29 is 28.5 Å². The van der Waals surface area contributed by atoms with Crippen molar-refractivity contribution in [1.29, 1.82) is 0 Å². The summed E-state index contributed by atoms with van der Waals surface area (Å²) in [5.74, 6) is -0.203. The fourth-order valence-electron chi connectivity index (χ4n) is 5.54. The maximum atomic E-state index is 12.7. The number of carbonyl (C=O) groups is 1. The fourth-order valence-corrected chi connectivity index (χ4v) is 5.54. The zero-order valence-electron chi connectivity index (χ0n) is 19.4. The van der Waals surface area contributed by atoms with E-state index in [9.17, 15) is 4.79 Å². The maximum Gasteiger partial charge on any atom is 0.407 e. The Balaban J connectivity index is 1.11. The second-order valence-corrected chi connectivity index (χ2v) is 9.65. The van der Waals surface area contributed by atoms with Gasteiger partial charge in [0.15, 0.2) is 11.7 Å². The number of hydrogen-bond donors (Lipinski definition) is 1. The molecule has 1 amide bonds. The van der Waals surface area contributed by atoms with E-state index in [0.29, 0.717) is 5.90 Å². The Morgan fingerprint density at radius 2 is 1.74 bits per heavy atom. The summed E-state index contributed by atoms with van der Waals surface area (Å²) in [6, 6.07) is 16.5. The van der Waals surface area contributed by atoms with Gasteiger partial charge in [-0.05, 0) is 36.1 Å². The quantitative estimate of drug-likeness (QED) is 0.744. The monoisotopic (exact) mass is 464 g/mol. The number of fused-ring (bicyclic) bond motifs is 5. The van der Waals surface area contributed by atoms with E-state index in [1.165, 1.54) is 22.3 Å². The number of aliphatic imine (C=N–C) groups is 1. The molecule has 1 N–H and O–H groups in total. The average molecular weight is 465 g/mol. The standard InChI is InChI=1S/C26H28N2O6/c1-15-28-26(14-31-15)23-22(33-25(2,3)34-23)21(32-26)12-27-24(29)30-13-20-18-10-6-4-8-16(18)17-9-5-7-11-19(17)20/h4-11,20-23H,12-14H2,1-3H3,(H,27,29). The number of carbonyl (C=O) groups excluding carboxylic acids is 1. The number of amides is 1. The highest BCUT2D eigenvalue weighted by atomic mass is 16.8. The van der Waals surface area contributed by atoms with Crippen LogP contribution in [0.2, 0.25) is 0 Å². The van der Waals surface area contributed by atoms with Gasteiger partial charge in [-0.2, -0.15) is 0 Å². The van der Waals surface area contributed by atoms with E-state index < -0.39 is 29.8 Å². The molecule has 2 aromatic carbocycles. The van der Waals surface area contributed by atoms with Gasteiger partial charge in [0.2, 0.25) is 5.72 Å². The molecule has 2 fully saturated rings. The third-order valence-corrected chi connectivity index (χ3v) is 6.92. The first kappa shape index (κ1) is 21.6. The highest BCUT2D eigenvalue weighted by molar-refractivity contribution is 5.79. The molecular formula is C26H28N2O6. The van der Waals surface area contributed by atoms with E-state index in [1.54, 1.807) is 6.92 Å². The molecule has 3 aliphatic heterocycles. The molecule has 0 aromatic heterocycles. The van der Waals surface area contributed by atoms with Crippen LogP contribution in [-0.4, -0.2) is 61.6 Å². The highest BCUT2D eigenvalue weighted by Gasteiger charge is 2.65. The van der Waals surface area contributed by atoms with Crippen molar-refractivity contribution in [2.45, 2.75) is 56.5 Å². The van der Waals surface area contributed by atoms with E-state index in [0.717, 1.165) is 0 Å². The molecular weight excluding hydrogens is 436 g/mol. The minimum atomic E-state index is -0.948. The van der Waals surface area contributed by atoms with Crippen molar-refractivity contribution in [3.8, 4) is 11.1 Å². The van der Waals surface area contributed by atoms with Crippen molar-refractivity contribution in [2.24, 2.45) is 4.99 Å². The lowest BCUT2D eigenvalue weighted by molar-refractivity contribution is -0.208. The summed E-state index contributed by atoms with van der Waals surface area (Å²) in [6.07, 6.45) is -1.72. The molecule has 4 unspecified atom stereocenters. The molecule has 8 nitrogen and oxygen atoms in total. The first-order valence-corrected chi connectivity index (χ1v) is 11.7. The Labute approximate surface area is 198 Å². The van der Waals surface area contributed by atoms with Gasteiger partial charge in [0.25, 0.3) is 0 Å². The van der Waals surface area contributed by atoms with Crippen LogP contribution in [0.3, 0.4) is 0 Å². The highest BCUT2D eigenvalue weighted by Crippen LogP contribution is 2.47. The molecule has 0 bridgehead atoms. The molecule has 3 heterocycles. The molecule has 8 heteroatoms. The van der Waals surface area contributed by atoms with Crippen molar-refractivity contribution >= 4 is 12.0 Å². The number of benzene rings is 2. The van der Waals surface area contributed by atoms with Crippen LogP contribution in [0.15, 0.2) is 53.5 Å². The van der Waals surface area contributed by atoms with E-state index in [1.807, 2.05) is 38.1 Å². The van der Waals surface area contributed by atoms with Gasteiger partial charge in [-0.1, -0.05) is 48.5 Å². The summed E-state index contributed by atoms with van der Waals surface area (Å²) in [7, 11) is 0. The zero-order valence-corrected chi connectivity index (χ0v) is 19.4. The molecule has 2 saturated heterocycles. The first-order valence-electron chi connectivity index (χ1n) is 11.7. The van der Waals surface area contributed by atoms with E-state index in [-0.39, 0.29) is 31.8 Å². The molecule has 1 spiro atoms. The van der Waals surface area contributed by atoms with Gasteiger partial charge in [-0.15, -0.1) is 0 Å². The third-order valence-electron chi connectivity index (χ3n) is 6.92. The molecule has 6 rings (SSSR count). The first-order chi connectivity index (χ1) is 16.4. The Morgan fingerprint density at radius 3 is 2.38 bits per heavy atom. The van der Waals surface area contributed by atoms with Gasteiger partial charge < -0.3 is 29.0 Å². The second-order valence-electron chi connectivity index (χ2n) is 9.65. The zero-order chi connectivity index (χ0) is 23.5. The van der Waals surface area contributed by atoms with Gasteiger partial charge in [0.05, 0.1) is 0 Å². The third kappa shape index (κ3) is 3.48. The van der Waals surface area contributed by atoms with Crippen LogP contribution in [-0.2, 0) is 23.7 Å². The molecule has 0 radical (unpaired) electrons. The summed E-state index contributed by atoms with van der Waals surface area (Å²) in [6.45, 7) is 6.25. The summed E-state index contributed by atoms with van der Waals surface area (Å²) in [4.78, 5) is 17.2. The molecule has 4 aliphatic rings. The lowest BCUT2D eigenvalue weighted by atomic mass is 9.98. The largest absolute Gasteiger partial charge is 0.476 e. The summed E-state index contributed by atoms with van der Waals surface area (Å²) in [5, 5.41) is 2.84. The Hall–Kier alpha value is -2.94. The van der Waals surface area contributed by atoms with E-state index >= 15 is 0 Å². The minimum absolute atomic E-state index is 0.00819. The number of hydrogen-bond acceptors (Lipinski definition) is 7. The SMILES string of the molecule is CC1=NC2(CO1)OC(CNC(=O)OCC1c3ccccc3-c3ccccc31)C1OC(C)(C)OC12. The molecule has 4 atom stereocenters. The van der Waals surface area contributed by atoms with Crippen LogP contribution in [0.4, 0.5) is 4.79 Å². The summed E-state index contributed by atoms with van der Waals surface area (Å²) in [5.41, 5.74) is 3.79. The average Bonchev–Trinajstić information content (AvgIpc) is 3.52. The van der Waals surface area contributed by atoms with E-state index in [2.05, 4.69) is 34.6 Å². The van der Waals surface area contributed by atoms with Gasteiger partial charge in [-0.25, -0.2) is 9.79 Å². The van der Waals surface area contributed by atoms with Crippen LogP contribution in [0, 0.1) is 0 Å². The number of nitrogens with zero attached hydrogens (tertiary/aromatic N) is 1. The van der Waals surface area contributed by atoms with Crippen molar-refractivity contribution in [3.05, 3.63) is 59.7 Å². The topological polar surface area (TPSA) is 87.6 Å². The lowest BCUT2D eigenvalue weighted by Gasteiger charge is -2.27. The Bertz CT molecular complexity index is 1120. The second kappa shape index (κ2) is 7.80. The van der Waals surface area contributed by atoms with Crippen molar-refractivity contribution in [1.82, 2.24) is 5.32 Å². The Kier molecular flexibility index (Phi) is 4.95. The van der Waals surface area contributed by atoms with Crippen LogP contribution in [0.25, 0.3) is 11.1 Å². The number of alkyl carbamates (subject to hydrolysis) is 1. The van der Waals surface area contributed by atoms with E-state index in [4.69, 9.17) is 23.7 Å². The molecule has 34 heavy (non-hydrogen) atoms. The lowest BCUT2D eigenvalue weighted by Crippen LogP contribution is -2.43. The normalized spacial score (nSPS) is 30.4. The molecule has 2 aromatic rings. The fraction of sp³-hybridized carbons (Fsp3) is 0.462. The van der Waals surface area contributed by atoms with Gasteiger partial charge in [-0.3, -0.25) is 0 Å². The molecule has 1 aliphatic carbocycles. The smallest absolute Gasteiger partial charge is 0.407 e. The van der Waals surface area contributed by atoms with Gasteiger partial charge in [0, 0.05) is 19.4 Å². The van der Waals surface area contributed by atoms with Crippen molar-refractivity contribution in [2.75, 3.05) is 19.8 Å². The van der Waals surface area contributed by atoms with Crippen LogP contribution >= 0.6 is 0 Å². The molecule has 0 saturated carbocycles. The predicted molar refractivity (Wildman–Crippen MR) is 124 cm³/mol. The van der Waals surface area contributed by atoms with Crippen LogP contribution < -0.4 is 5.32 Å². The molecule has 178 valence electrons.